The monoisotopic (exact) mass is 349 g/mol. The predicted octanol–water partition coefficient (Wildman–Crippen LogP) is -0.525. The highest BCUT2D eigenvalue weighted by Crippen LogP contribution is 2.39. The van der Waals surface area contributed by atoms with Gasteiger partial charge in [-0.3, -0.25) is 14.6 Å². The third-order valence-electron chi connectivity index (χ3n) is 4.52. The second-order valence-corrected chi connectivity index (χ2v) is 6.13. The number of nitrogens with one attached hydrogen (secondary N) is 2. The Labute approximate surface area is 141 Å². The summed E-state index contributed by atoms with van der Waals surface area (Å²) in [6, 6.07) is -1.31. The highest BCUT2D eigenvalue weighted by molar-refractivity contribution is 5.77. The molecule has 1 aliphatic carbocycles. The molecule has 0 radical (unpaired) electrons. The highest BCUT2D eigenvalue weighted by Gasteiger charge is 2.38. The molecule has 0 amide bonds. The molecule has 0 aromatic carbocycles. The van der Waals surface area contributed by atoms with Crippen molar-refractivity contribution in [3.8, 4) is 0 Å². The Morgan fingerprint density at radius 2 is 2.32 bits per heavy atom. The van der Waals surface area contributed by atoms with E-state index in [1.807, 2.05) is 0 Å². The van der Waals surface area contributed by atoms with Gasteiger partial charge in [-0.1, -0.05) is 6.58 Å². The van der Waals surface area contributed by atoms with Crippen LogP contribution in [0.25, 0.3) is 11.2 Å². The van der Waals surface area contributed by atoms with E-state index in [9.17, 15) is 19.8 Å². The van der Waals surface area contributed by atoms with Gasteiger partial charge < -0.3 is 25.2 Å². The Balaban J connectivity index is 2.03. The summed E-state index contributed by atoms with van der Waals surface area (Å²) in [7, 11) is 0. The summed E-state index contributed by atoms with van der Waals surface area (Å²) < 4.78 is 1.61. The summed E-state index contributed by atoms with van der Waals surface area (Å²) >= 11 is 0. The first-order chi connectivity index (χ1) is 11.8. The van der Waals surface area contributed by atoms with Crippen LogP contribution in [0.15, 0.2) is 23.3 Å². The zero-order valence-electron chi connectivity index (χ0n) is 13.5. The Hall–Kier alpha value is -2.72. The fourth-order valence-electron chi connectivity index (χ4n) is 3.06. The zero-order chi connectivity index (χ0) is 18.3. The summed E-state index contributed by atoms with van der Waals surface area (Å²) in [6.07, 6.45) is 1.00. The predicted molar refractivity (Wildman–Crippen MR) is 88.2 cm³/mol. The number of imidazole rings is 1. The van der Waals surface area contributed by atoms with Gasteiger partial charge in [0.1, 0.15) is 6.04 Å². The van der Waals surface area contributed by atoms with Gasteiger partial charge in [-0.15, -0.1) is 0 Å². The molecular formula is C15H19N5O5. The van der Waals surface area contributed by atoms with Crippen molar-refractivity contribution < 1.29 is 20.1 Å². The van der Waals surface area contributed by atoms with Gasteiger partial charge in [0.15, 0.2) is 11.2 Å². The normalized spacial score (nSPS) is 24.6. The Bertz CT molecular complexity index is 888. The van der Waals surface area contributed by atoms with Crippen LogP contribution in [0.4, 0.5) is 5.95 Å². The van der Waals surface area contributed by atoms with Gasteiger partial charge in [0, 0.05) is 5.92 Å². The molecule has 2 aromatic heterocycles. The molecule has 1 saturated carbocycles. The van der Waals surface area contributed by atoms with Crippen molar-refractivity contribution in [1.82, 2.24) is 19.5 Å². The first-order valence-electron chi connectivity index (χ1n) is 7.77. The molecule has 2 heterocycles. The molecule has 3 rings (SSSR count). The standard InChI is InChI=1S/C15H19N5O5/c1-6-8(4-21)10(22)3-9(6)20-5-16-11-12(20)18-15(19-13(11)23)17-7(2)14(24)25/h5,7-10,21-22H,1,3-4H2,2H3,(H,24,25)(H2,17,18,19,23)/t7?,8-,9+,10+/m1/s1. The van der Waals surface area contributed by atoms with Crippen LogP contribution in [0.5, 0.6) is 0 Å². The van der Waals surface area contributed by atoms with Crippen molar-refractivity contribution in [2.24, 2.45) is 5.92 Å². The number of aromatic amines is 1. The van der Waals surface area contributed by atoms with Crippen molar-refractivity contribution in [2.45, 2.75) is 31.5 Å². The van der Waals surface area contributed by atoms with Crippen LogP contribution in [0, 0.1) is 5.92 Å². The number of anilines is 1. The van der Waals surface area contributed by atoms with E-state index in [0.717, 1.165) is 0 Å². The lowest BCUT2D eigenvalue weighted by Crippen LogP contribution is -2.28. The van der Waals surface area contributed by atoms with Gasteiger partial charge in [0.05, 0.1) is 25.1 Å². The molecule has 0 spiro atoms. The maximum absolute atomic E-state index is 12.2. The molecular weight excluding hydrogens is 330 g/mol. The number of nitrogens with zero attached hydrogens (tertiary/aromatic N) is 3. The van der Waals surface area contributed by atoms with E-state index < -0.39 is 29.6 Å². The van der Waals surface area contributed by atoms with Crippen molar-refractivity contribution in [3.63, 3.8) is 0 Å². The van der Waals surface area contributed by atoms with Gasteiger partial charge in [-0.25, -0.2) is 4.98 Å². The summed E-state index contributed by atoms with van der Waals surface area (Å²) in [5.74, 6) is -1.53. The average molecular weight is 349 g/mol. The molecule has 4 atom stereocenters. The van der Waals surface area contributed by atoms with E-state index in [0.29, 0.717) is 12.0 Å². The molecule has 5 N–H and O–H groups in total. The molecule has 0 aliphatic heterocycles. The number of H-pyrrole nitrogens is 1. The number of carbonyl (C=O) groups is 1. The smallest absolute Gasteiger partial charge is 0.325 e. The van der Waals surface area contributed by atoms with Crippen LogP contribution in [0.2, 0.25) is 0 Å². The van der Waals surface area contributed by atoms with Gasteiger partial charge >= 0.3 is 5.97 Å². The number of fused-ring (bicyclic) bond motifs is 1. The minimum Gasteiger partial charge on any atom is -0.480 e. The maximum atomic E-state index is 12.2. The van der Waals surface area contributed by atoms with E-state index in [2.05, 4.69) is 26.8 Å². The van der Waals surface area contributed by atoms with Crippen LogP contribution in [0.3, 0.4) is 0 Å². The van der Waals surface area contributed by atoms with E-state index in [4.69, 9.17) is 5.11 Å². The highest BCUT2D eigenvalue weighted by atomic mass is 16.4. The van der Waals surface area contributed by atoms with Crippen LogP contribution in [-0.2, 0) is 4.79 Å². The van der Waals surface area contributed by atoms with Crippen molar-refractivity contribution >= 4 is 23.1 Å². The number of hydrogen-bond donors (Lipinski definition) is 5. The van der Waals surface area contributed by atoms with E-state index in [-0.39, 0.29) is 29.8 Å². The number of hydrogen-bond acceptors (Lipinski definition) is 7. The van der Waals surface area contributed by atoms with Crippen LogP contribution in [0.1, 0.15) is 19.4 Å². The van der Waals surface area contributed by atoms with E-state index >= 15 is 0 Å². The second kappa shape index (κ2) is 6.30. The minimum absolute atomic E-state index is 0.0111. The minimum atomic E-state index is -1.09. The third-order valence-corrected chi connectivity index (χ3v) is 4.52. The van der Waals surface area contributed by atoms with Crippen LogP contribution >= 0.6 is 0 Å². The molecule has 1 fully saturated rings. The molecule has 0 bridgehead atoms. The molecule has 10 nitrogen and oxygen atoms in total. The fourth-order valence-corrected chi connectivity index (χ4v) is 3.06. The van der Waals surface area contributed by atoms with Crippen molar-refractivity contribution in [3.05, 3.63) is 28.8 Å². The average Bonchev–Trinajstić information content (AvgIpc) is 3.08. The molecule has 0 saturated heterocycles. The lowest BCUT2D eigenvalue weighted by molar-refractivity contribution is -0.137. The quantitative estimate of drug-likeness (QED) is 0.452. The molecule has 1 unspecified atom stereocenters. The van der Waals surface area contributed by atoms with Gasteiger partial charge in [-0.2, -0.15) is 4.98 Å². The number of carboxylic acids is 1. The summed E-state index contributed by atoms with van der Waals surface area (Å²) in [5.41, 5.74) is 0.473. The topological polar surface area (TPSA) is 153 Å². The number of aliphatic hydroxyl groups is 2. The first kappa shape index (κ1) is 17.1. The number of aliphatic carboxylic acids is 1. The summed E-state index contributed by atoms with van der Waals surface area (Å²) in [6.45, 7) is 5.14. The fraction of sp³-hybridized carbons (Fsp3) is 0.467. The van der Waals surface area contributed by atoms with Crippen LogP contribution in [-0.4, -0.2) is 59.6 Å². The number of carboxylic acid groups (broad SMARTS) is 1. The number of aliphatic hydroxyl groups excluding tert-OH is 2. The lowest BCUT2D eigenvalue weighted by atomic mass is 10.0. The van der Waals surface area contributed by atoms with Crippen molar-refractivity contribution in [2.75, 3.05) is 11.9 Å². The molecule has 25 heavy (non-hydrogen) atoms. The number of rotatable bonds is 5. The van der Waals surface area contributed by atoms with Gasteiger partial charge in [0.2, 0.25) is 5.95 Å². The molecule has 10 heteroatoms. The molecule has 134 valence electrons. The Morgan fingerprint density at radius 3 is 2.92 bits per heavy atom. The van der Waals surface area contributed by atoms with Crippen LogP contribution < -0.4 is 10.9 Å². The van der Waals surface area contributed by atoms with Gasteiger partial charge in [0.25, 0.3) is 5.56 Å². The summed E-state index contributed by atoms with van der Waals surface area (Å²) in [4.78, 5) is 33.9. The van der Waals surface area contributed by atoms with Crippen molar-refractivity contribution in [1.29, 1.82) is 0 Å². The maximum Gasteiger partial charge on any atom is 0.325 e. The summed E-state index contributed by atoms with van der Waals surface area (Å²) in [5, 5.41) is 31.0. The lowest BCUT2D eigenvalue weighted by Gasteiger charge is -2.16. The SMILES string of the molecule is C=C1[C@@H](CO)[C@@H](O)C[C@@H]1n1cnc2c(=O)[nH]c(NC(C)C(=O)O)nc21. The van der Waals surface area contributed by atoms with E-state index in [1.54, 1.807) is 4.57 Å². The molecule has 1 aliphatic rings. The zero-order valence-corrected chi connectivity index (χ0v) is 13.5. The number of aromatic nitrogens is 4. The first-order valence-corrected chi connectivity index (χ1v) is 7.77. The second-order valence-electron chi connectivity index (χ2n) is 6.13. The van der Waals surface area contributed by atoms with Gasteiger partial charge in [-0.05, 0) is 18.9 Å². The Morgan fingerprint density at radius 1 is 1.60 bits per heavy atom. The molecule has 2 aromatic rings. The third kappa shape index (κ3) is 2.89. The largest absolute Gasteiger partial charge is 0.480 e. The van der Waals surface area contributed by atoms with E-state index in [1.165, 1.54) is 13.3 Å². The Kier molecular flexibility index (Phi) is 4.31.